The first-order valence-corrected chi connectivity index (χ1v) is 7.94. The van der Waals surface area contributed by atoms with Crippen molar-refractivity contribution >= 4 is 0 Å². The summed E-state index contributed by atoms with van der Waals surface area (Å²) < 4.78 is 5.75. The Hall–Kier alpha value is -0.160. The normalized spacial score (nSPS) is 28.7. The first kappa shape index (κ1) is 15.2. The highest BCUT2D eigenvalue weighted by Gasteiger charge is 2.41. The fourth-order valence-corrected chi connectivity index (χ4v) is 4.00. The van der Waals surface area contributed by atoms with Gasteiger partial charge in [0.15, 0.2) is 0 Å². The molecule has 0 amide bonds. The Morgan fingerprint density at radius 1 is 1.26 bits per heavy atom. The van der Waals surface area contributed by atoms with E-state index in [-0.39, 0.29) is 5.54 Å². The van der Waals surface area contributed by atoms with E-state index in [4.69, 9.17) is 10.6 Å². The summed E-state index contributed by atoms with van der Waals surface area (Å²) in [6.07, 6.45) is 11.8. The molecule has 19 heavy (non-hydrogen) atoms. The number of ether oxygens (including phenoxy) is 1. The van der Waals surface area contributed by atoms with E-state index < -0.39 is 0 Å². The Kier molecular flexibility index (Phi) is 5.63. The lowest BCUT2D eigenvalue weighted by atomic mass is 9.74. The highest BCUT2D eigenvalue weighted by molar-refractivity contribution is 5.00. The van der Waals surface area contributed by atoms with Gasteiger partial charge in [0.05, 0.1) is 6.10 Å². The number of hydrogen-bond acceptors (Lipinski definition) is 4. The van der Waals surface area contributed by atoms with Crippen LogP contribution in [0, 0.1) is 0 Å². The van der Waals surface area contributed by atoms with E-state index in [1.54, 1.807) is 0 Å². The average Bonchev–Trinajstić information content (AvgIpc) is 2.93. The Bertz CT molecular complexity index is 258. The standard InChI is InChI=1S/C15H31N3O/c1-18(2)15(10-4-3-5-11-15)14(17-16)9-8-13-7-6-12-19-13/h13-14,17H,3-12,16H2,1-2H3. The molecule has 2 aliphatic rings. The van der Waals surface area contributed by atoms with Crippen LogP contribution in [-0.2, 0) is 4.74 Å². The Balaban J connectivity index is 1.95. The van der Waals surface area contributed by atoms with Crippen LogP contribution in [0.3, 0.4) is 0 Å². The van der Waals surface area contributed by atoms with Crippen LogP contribution >= 0.6 is 0 Å². The minimum atomic E-state index is 0.242. The maximum Gasteiger partial charge on any atom is 0.0576 e. The third kappa shape index (κ3) is 3.48. The molecule has 3 N–H and O–H groups in total. The molecule has 1 aliphatic heterocycles. The van der Waals surface area contributed by atoms with Gasteiger partial charge >= 0.3 is 0 Å². The molecule has 1 saturated heterocycles. The summed E-state index contributed by atoms with van der Waals surface area (Å²) in [7, 11) is 4.42. The van der Waals surface area contributed by atoms with Crippen LogP contribution in [0.25, 0.3) is 0 Å². The number of nitrogens with zero attached hydrogens (tertiary/aromatic N) is 1. The van der Waals surface area contributed by atoms with Gasteiger partial charge in [0.25, 0.3) is 0 Å². The van der Waals surface area contributed by atoms with E-state index in [1.165, 1.54) is 44.9 Å². The summed E-state index contributed by atoms with van der Waals surface area (Å²) >= 11 is 0. The second-order valence-corrected chi connectivity index (χ2v) is 6.49. The van der Waals surface area contributed by atoms with Gasteiger partial charge in [0.1, 0.15) is 0 Å². The smallest absolute Gasteiger partial charge is 0.0576 e. The molecule has 2 fully saturated rings. The third-order valence-corrected chi connectivity index (χ3v) is 5.26. The van der Waals surface area contributed by atoms with Crippen LogP contribution in [0.15, 0.2) is 0 Å². The van der Waals surface area contributed by atoms with Gasteiger partial charge < -0.3 is 9.64 Å². The Morgan fingerprint density at radius 2 is 2.00 bits per heavy atom. The first-order chi connectivity index (χ1) is 9.19. The minimum absolute atomic E-state index is 0.242. The lowest BCUT2D eigenvalue weighted by molar-refractivity contribution is 0.0410. The molecule has 0 radical (unpaired) electrons. The zero-order valence-electron chi connectivity index (χ0n) is 12.7. The number of rotatable bonds is 6. The molecule has 0 bridgehead atoms. The fraction of sp³-hybridized carbons (Fsp3) is 1.00. The molecule has 2 rings (SSSR count). The molecule has 1 saturated carbocycles. The molecule has 2 unspecified atom stereocenters. The second-order valence-electron chi connectivity index (χ2n) is 6.49. The summed E-state index contributed by atoms with van der Waals surface area (Å²) in [6, 6.07) is 0.381. The predicted molar refractivity (Wildman–Crippen MR) is 78.8 cm³/mol. The van der Waals surface area contributed by atoms with Crippen molar-refractivity contribution in [3.8, 4) is 0 Å². The number of hydrazine groups is 1. The number of nitrogens with one attached hydrogen (secondary N) is 1. The number of likely N-dealkylation sites (N-methyl/N-ethyl adjacent to an activating group) is 1. The van der Waals surface area contributed by atoms with Gasteiger partial charge in [-0.2, -0.15) is 0 Å². The van der Waals surface area contributed by atoms with Crippen molar-refractivity contribution in [3.63, 3.8) is 0 Å². The second kappa shape index (κ2) is 7.02. The minimum Gasteiger partial charge on any atom is -0.378 e. The maximum atomic E-state index is 5.89. The zero-order chi connectivity index (χ0) is 13.7. The highest BCUT2D eigenvalue weighted by Crippen LogP contribution is 2.37. The summed E-state index contributed by atoms with van der Waals surface area (Å²) in [4.78, 5) is 2.41. The SMILES string of the molecule is CN(C)C1(C(CCC2CCCO2)NN)CCCCC1. The van der Waals surface area contributed by atoms with Crippen molar-refractivity contribution in [1.82, 2.24) is 10.3 Å². The summed E-state index contributed by atoms with van der Waals surface area (Å²) in [6.45, 7) is 0.949. The largest absolute Gasteiger partial charge is 0.378 e. The molecule has 4 nitrogen and oxygen atoms in total. The lowest BCUT2D eigenvalue weighted by Gasteiger charge is -2.48. The quantitative estimate of drug-likeness (QED) is 0.572. The molecule has 1 heterocycles. The Morgan fingerprint density at radius 3 is 2.53 bits per heavy atom. The van der Waals surface area contributed by atoms with Gasteiger partial charge in [-0.1, -0.05) is 19.3 Å². The van der Waals surface area contributed by atoms with Gasteiger partial charge in [-0.05, 0) is 52.6 Å². The van der Waals surface area contributed by atoms with Crippen molar-refractivity contribution in [1.29, 1.82) is 0 Å². The van der Waals surface area contributed by atoms with Crippen molar-refractivity contribution in [3.05, 3.63) is 0 Å². The van der Waals surface area contributed by atoms with E-state index >= 15 is 0 Å². The van der Waals surface area contributed by atoms with E-state index in [0.29, 0.717) is 12.1 Å². The molecular formula is C15H31N3O. The van der Waals surface area contributed by atoms with Crippen molar-refractivity contribution in [2.45, 2.75) is 75.5 Å². The molecule has 0 aromatic carbocycles. The molecule has 1 aliphatic carbocycles. The molecule has 112 valence electrons. The molecule has 2 atom stereocenters. The van der Waals surface area contributed by atoms with Crippen LogP contribution in [0.1, 0.15) is 57.8 Å². The molecular weight excluding hydrogens is 238 g/mol. The van der Waals surface area contributed by atoms with Crippen LogP contribution in [0.2, 0.25) is 0 Å². The lowest BCUT2D eigenvalue weighted by Crippen LogP contribution is -2.61. The van der Waals surface area contributed by atoms with E-state index in [2.05, 4.69) is 24.4 Å². The summed E-state index contributed by atoms with van der Waals surface area (Å²) in [5, 5.41) is 0. The van der Waals surface area contributed by atoms with Gasteiger partial charge in [0, 0.05) is 18.2 Å². The van der Waals surface area contributed by atoms with Crippen LogP contribution < -0.4 is 11.3 Å². The van der Waals surface area contributed by atoms with Gasteiger partial charge in [-0.25, -0.2) is 0 Å². The predicted octanol–water partition coefficient (Wildman–Crippen LogP) is 2.04. The first-order valence-electron chi connectivity index (χ1n) is 7.94. The third-order valence-electron chi connectivity index (χ3n) is 5.26. The molecule has 0 aromatic heterocycles. The van der Waals surface area contributed by atoms with Gasteiger partial charge in [-0.3, -0.25) is 11.3 Å². The fourth-order valence-electron chi connectivity index (χ4n) is 4.00. The number of hydrogen-bond donors (Lipinski definition) is 2. The maximum absolute atomic E-state index is 5.89. The van der Waals surface area contributed by atoms with E-state index in [0.717, 1.165) is 19.4 Å². The molecule has 4 heteroatoms. The van der Waals surface area contributed by atoms with Crippen molar-refractivity contribution < 1.29 is 4.74 Å². The van der Waals surface area contributed by atoms with Crippen LogP contribution in [0.4, 0.5) is 0 Å². The van der Waals surface area contributed by atoms with E-state index in [9.17, 15) is 0 Å². The topological polar surface area (TPSA) is 50.5 Å². The summed E-state index contributed by atoms with van der Waals surface area (Å²) in [5.41, 5.74) is 3.36. The summed E-state index contributed by atoms with van der Waals surface area (Å²) in [5.74, 6) is 5.89. The van der Waals surface area contributed by atoms with Gasteiger partial charge in [0.2, 0.25) is 0 Å². The van der Waals surface area contributed by atoms with Gasteiger partial charge in [-0.15, -0.1) is 0 Å². The Labute approximate surface area is 118 Å². The molecule has 0 spiro atoms. The average molecular weight is 269 g/mol. The van der Waals surface area contributed by atoms with Crippen LogP contribution in [0.5, 0.6) is 0 Å². The highest BCUT2D eigenvalue weighted by atomic mass is 16.5. The van der Waals surface area contributed by atoms with Crippen LogP contribution in [-0.4, -0.2) is 43.3 Å². The molecule has 0 aromatic rings. The zero-order valence-corrected chi connectivity index (χ0v) is 12.7. The monoisotopic (exact) mass is 269 g/mol. The number of nitrogens with two attached hydrogens (primary N) is 1. The van der Waals surface area contributed by atoms with E-state index in [1.807, 2.05) is 0 Å². The van der Waals surface area contributed by atoms with Crippen molar-refractivity contribution in [2.75, 3.05) is 20.7 Å². The van der Waals surface area contributed by atoms with Crippen molar-refractivity contribution in [2.24, 2.45) is 5.84 Å².